The monoisotopic (exact) mass is 1040 g/mol. The minimum Gasteiger partial charge on any atom is -0.458 e. The number of nitrogens with one attached hydrogen (secondary N) is 3. The van der Waals surface area contributed by atoms with E-state index >= 15 is 0 Å². The van der Waals surface area contributed by atoms with Gasteiger partial charge in [0.2, 0.25) is 11.8 Å². The standard InChI is InChI=1S/C56H66N8O12/c1-5-38-39-28-37(18-19-43(39)60-49-40(38)30-64-46(49)29-42-41(52(64)69)32-74-53(70)56(42,73)6-2)76-55(72)63-25-23-62(24-26-63)54(71)75-31-35-14-16-36(17-15-35)58-50(67)44(13-10-22-57)61-51(68)45(27-34-11-8-7-9-12-34)59-48(66)21-20-47(65)33(3)4/h7-9,11-12,14-19,28-29,33,44-45,48,59,66,73H,5-6,10,13,20-27,30-32,57H2,1-4H3,(H,58,67)(H,61,68)/t44-,45-,48?,56-/m0/s1. The molecule has 0 saturated carbocycles. The number of cyclic esters (lactones) is 1. The number of aliphatic hydroxyl groups excluding tert-OH is 1. The summed E-state index contributed by atoms with van der Waals surface area (Å²) in [7, 11) is 0. The van der Waals surface area contributed by atoms with E-state index in [2.05, 4.69) is 16.0 Å². The molecule has 4 atom stereocenters. The number of ether oxygens (including phenoxy) is 3. The molecule has 1 saturated heterocycles. The van der Waals surface area contributed by atoms with Gasteiger partial charge in [0.05, 0.1) is 35.1 Å². The van der Waals surface area contributed by atoms with Crippen LogP contribution >= 0.6 is 0 Å². The first-order valence-corrected chi connectivity index (χ1v) is 25.9. The Morgan fingerprint density at radius 3 is 2.24 bits per heavy atom. The van der Waals surface area contributed by atoms with Crippen LogP contribution in [0.4, 0.5) is 15.3 Å². The molecule has 20 nitrogen and oxygen atoms in total. The molecule has 7 N–H and O–H groups in total. The van der Waals surface area contributed by atoms with E-state index in [1.807, 2.05) is 37.3 Å². The Morgan fingerprint density at radius 1 is 0.855 bits per heavy atom. The predicted octanol–water partition coefficient (Wildman–Crippen LogP) is 4.78. The third-order valence-corrected chi connectivity index (χ3v) is 14.3. The van der Waals surface area contributed by atoms with Gasteiger partial charge in [-0.05, 0) is 98.2 Å². The lowest BCUT2D eigenvalue weighted by Crippen LogP contribution is -2.54. The van der Waals surface area contributed by atoms with Gasteiger partial charge in [-0.3, -0.25) is 24.5 Å². The molecule has 20 heteroatoms. The summed E-state index contributed by atoms with van der Waals surface area (Å²) in [5.74, 6) is -1.63. The predicted molar refractivity (Wildman–Crippen MR) is 281 cm³/mol. The van der Waals surface area contributed by atoms with Crippen molar-refractivity contribution in [2.45, 2.75) is 116 Å². The molecule has 3 aliphatic heterocycles. The third-order valence-electron chi connectivity index (χ3n) is 14.3. The fraction of sp³-hybridized carbons (Fsp3) is 0.429. The second-order valence-electron chi connectivity index (χ2n) is 19.7. The highest BCUT2D eigenvalue weighted by molar-refractivity contribution is 5.98. The number of ketones is 1. The Balaban J connectivity index is 0.824. The summed E-state index contributed by atoms with van der Waals surface area (Å²) in [5.41, 5.74) is 9.38. The first-order chi connectivity index (χ1) is 36.5. The summed E-state index contributed by atoms with van der Waals surface area (Å²) in [5, 5.41) is 31.5. The molecule has 76 heavy (non-hydrogen) atoms. The number of aliphatic hydroxyl groups is 2. The van der Waals surface area contributed by atoms with E-state index in [-0.39, 0.29) is 106 Å². The van der Waals surface area contributed by atoms with Crippen LogP contribution in [0.2, 0.25) is 0 Å². The fourth-order valence-electron chi connectivity index (χ4n) is 9.82. The molecule has 3 aromatic carbocycles. The lowest BCUT2D eigenvalue weighted by atomic mass is 9.86. The summed E-state index contributed by atoms with van der Waals surface area (Å²) in [6, 6.07) is 20.9. The molecule has 3 aliphatic rings. The molecule has 5 heterocycles. The molecule has 0 spiro atoms. The topological polar surface area (TPSA) is 274 Å². The van der Waals surface area contributed by atoms with Gasteiger partial charge >= 0.3 is 18.2 Å². The number of rotatable bonds is 20. The number of piperazine rings is 1. The number of anilines is 1. The number of esters is 1. The van der Waals surface area contributed by atoms with Crippen LogP contribution in [-0.4, -0.2) is 116 Å². The number of aromatic nitrogens is 2. The number of carbonyl (C=O) groups is 6. The zero-order chi connectivity index (χ0) is 54.3. The zero-order valence-electron chi connectivity index (χ0n) is 43.3. The Kier molecular flexibility index (Phi) is 17.3. The number of hydrogen-bond donors (Lipinski definition) is 6. The number of hydrogen-bond acceptors (Lipinski definition) is 15. The number of nitrogens with zero attached hydrogens (tertiary/aromatic N) is 4. The van der Waals surface area contributed by atoms with Crippen LogP contribution in [0.5, 0.6) is 5.75 Å². The minimum atomic E-state index is -1.94. The van der Waals surface area contributed by atoms with Gasteiger partial charge in [0, 0.05) is 60.7 Å². The number of amides is 4. The minimum absolute atomic E-state index is 0.00152. The van der Waals surface area contributed by atoms with E-state index in [0.29, 0.717) is 53.3 Å². The van der Waals surface area contributed by atoms with Gasteiger partial charge < -0.3 is 55.2 Å². The second-order valence-corrected chi connectivity index (χ2v) is 19.7. The molecule has 1 unspecified atom stereocenters. The van der Waals surface area contributed by atoms with Crippen molar-refractivity contribution in [3.05, 3.63) is 123 Å². The van der Waals surface area contributed by atoms with Gasteiger partial charge in [0.15, 0.2) is 5.60 Å². The summed E-state index contributed by atoms with van der Waals surface area (Å²) >= 11 is 0. The van der Waals surface area contributed by atoms with Crippen molar-refractivity contribution in [1.82, 2.24) is 30.0 Å². The van der Waals surface area contributed by atoms with Crippen molar-refractivity contribution in [3.63, 3.8) is 0 Å². The van der Waals surface area contributed by atoms with Gasteiger partial charge in [0.1, 0.15) is 37.0 Å². The molecule has 402 valence electrons. The van der Waals surface area contributed by atoms with Gasteiger partial charge in [-0.2, -0.15) is 0 Å². The molecule has 1 fully saturated rings. The van der Waals surface area contributed by atoms with Gasteiger partial charge in [0.25, 0.3) is 5.56 Å². The molecule has 4 amide bonds. The largest absolute Gasteiger partial charge is 0.458 e. The highest BCUT2D eigenvalue weighted by Gasteiger charge is 2.45. The third kappa shape index (κ3) is 12.1. The van der Waals surface area contributed by atoms with E-state index in [1.165, 1.54) is 9.80 Å². The van der Waals surface area contributed by atoms with E-state index in [4.69, 9.17) is 24.9 Å². The Morgan fingerprint density at radius 2 is 1.57 bits per heavy atom. The normalized spacial score (nSPS) is 17.0. The molecule has 8 rings (SSSR count). The second kappa shape index (κ2) is 24.0. The lowest BCUT2D eigenvalue weighted by Gasteiger charge is -2.33. The number of fused-ring (bicyclic) bond motifs is 5. The molecule has 5 aromatic rings. The van der Waals surface area contributed by atoms with Crippen LogP contribution in [0.25, 0.3) is 22.3 Å². The fourth-order valence-corrected chi connectivity index (χ4v) is 9.82. The Bertz CT molecular complexity index is 3050. The number of aryl methyl sites for hydroxylation is 1. The lowest BCUT2D eigenvalue weighted by molar-refractivity contribution is -0.172. The smallest absolute Gasteiger partial charge is 0.415 e. The quantitative estimate of drug-likeness (QED) is 0.0444. The Labute approximate surface area is 439 Å². The average molecular weight is 1040 g/mol. The van der Waals surface area contributed by atoms with Crippen molar-refractivity contribution >= 4 is 52.3 Å². The van der Waals surface area contributed by atoms with Crippen LogP contribution in [0.3, 0.4) is 0 Å². The van der Waals surface area contributed by atoms with Crippen molar-refractivity contribution in [3.8, 4) is 17.1 Å². The van der Waals surface area contributed by atoms with Gasteiger partial charge in [-0.1, -0.05) is 70.2 Å². The summed E-state index contributed by atoms with van der Waals surface area (Å²) in [6.07, 6.45) is -0.461. The van der Waals surface area contributed by atoms with Crippen molar-refractivity contribution in [2.24, 2.45) is 11.7 Å². The first kappa shape index (κ1) is 54.7. The highest BCUT2D eigenvalue weighted by atomic mass is 16.6. The maximum Gasteiger partial charge on any atom is 0.415 e. The van der Waals surface area contributed by atoms with Gasteiger partial charge in [-0.15, -0.1) is 0 Å². The van der Waals surface area contributed by atoms with Crippen LogP contribution in [0.1, 0.15) is 93.2 Å². The first-order valence-electron chi connectivity index (χ1n) is 25.9. The number of pyridine rings is 2. The highest BCUT2D eigenvalue weighted by Crippen LogP contribution is 2.41. The van der Waals surface area contributed by atoms with E-state index in [1.54, 1.807) is 73.9 Å². The maximum absolute atomic E-state index is 13.8. The van der Waals surface area contributed by atoms with E-state index in [0.717, 1.165) is 22.1 Å². The molecule has 2 aromatic heterocycles. The van der Waals surface area contributed by atoms with Gasteiger partial charge in [-0.25, -0.2) is 19.4 Å². The van der Waals surface area contributed by atoms with Crippen molar-refractivity contribution in [2.75, 3.05) is 38.0 Å². The molecular formula is C56H66N8O12. The number of carbonyl (C=O) groups excluding carboxylic acids is 6. The summed E-state index contributed by atoms with van der Waals surface area (Å²) < 4.78 is 18.3. The van der Waals surface area contributed by atoms with Crippen molar-refractivity contribution in [1.29, 1.82) is 0 Å². The Hall–Kier alpha value is -7.52. The molecule has 0 aliphatic carbocycles. The summed E-state index contributed by atoms with van der Waals surface area (Å²) in [6.45, 7) is 8.29. The zero-order valence-corrected chi connectivity index (χ0v) is 43.3. The molecule has 0 bridgehead atoms. The van der Waals surface area contributed by atoms with Crippen molar-refractivity contribution < 1.29 is 53.2 Å². The number of benzene rings is 3. The maximum atomic E-state index is 13.8. The number of nitrogens with two attached hydrogens (primary N) is 1. The van der Waals surface area contributed by atoms with Crippen LogP contribution < -0.4 is 32.0 Å². The SMILES string of the molecule is CCc1c2c(nc3ccc(OC(=O)N4CCN(C(=O)OCc5ccc(NC(=O)[C@H](CCCN)NC(=O)[C@H](Cc6ccccc6)NC(O)CCC(=O)C(C)C)cc5)CC4)cc13)-c1cc3c(c(=O)n1C2)COC(=O)[C@]3(O)CC. The molecule has 0 radical (unpaired) electrons. The van der Waals surface area contributed by atoms with Crippen LogP contribution in [0, 0.1) is 5.92 Å². The van der Waals surface area contributed by atoms with Crippen LogP contribution in [-0.2, 0) is 66.9 Å². The van der Waals surface area contributed by atoms with Crippen LogP contribution in [0.15, 0.2) is 83.7 Å². The average Bonchev–Trinajstić information content (AvgIpc) is 3.85. The number of Topliss-reactive ketones (excluding diaryl/α,β-unsaturated/α-hetero) is 1. The summed E-state index contributed by atoms with van der Waals surface area (Å²) in [4.78, 5) is 101. The van der Waals surface area contributed by atoms with E-state index < -0.39 is 53.9 Å². The molecular weight excluding hydrogens is 977 g/mol. The van der Waals surface area contributed by atoms with E-state index in [9.17, 15) is 43.8 Å².